The van der Waals surface area contributed by atoms with Crippen LogP contribution in [0.3, 0.4) is 0 Å². The highest BCUT2D eigenvalue weighted by Gasteiger charge is 2.18. The molecule has 2 N–H and O–H groups in total. The molecule has 1 aromatic carbocycles. The molecule has 28 heavy (non-hydrogen) atoms. The van der Waals surface area contributed by atoms with Crippen LogP contribution in [-0.4, -0.2) is 35.5 Å². The van der Waals surface area contributed by atoms with Gasteiger partial charge >= 0.3 is 12.0 Å². The molecule has 1 heterocycles. The highest BCUT2D eigenvalue weighted by molar-refractivity contribution is 7.18. The van der Waals surface area contributed by atoms with E-state index in [1.807, 2.05) is 24.3 Å². The summed E-state index contributed by atoms with van der Waals surface area (Å²) in [5, 5.41) is 6.00. The lowest BCUT2D eigenvalue weighted by molar-refractivity contribution is -0.148. The highest BCUT2D eigenvalue weighted by atomic mass is 32.1. The molecular formula is C20H25N3O4S. The Bertz CT molecular complexity index is 797. The second kappa shape index (κ2) is 10.2. The lowest BCUT2D eigenvalue weighted by Gasteiger charge is -2.12. The molecule has 0 saturated heterocycles. The van der Waals surface area contributed by atoms with Crippen LogP contribution in [0, 0.1) is 0 Å². The number of para-hydroxylation sites is 1. The maximum Gasteiger partial charge on any atom is 0.321 e. The van der Waals surface area contributed by atoms with Gasteiger partial charge in [0.2, 0.25) is 0 Å². The summed E-state index contributed by atoms with van der Waals surface area (Å²) < 4.78 is 6.10. The van der Waals surface area contributed by atoms with Crippen molar-refractivity contribution in [3.05, 3.63) is 29.3 Å². The van der Waals surface area contributed by atoms with Gasteiger partial charge in [0.25, 0.3) is 5.91 Å². The van der Waals surface area contributed by atoms with Crippen LogP contribution in [0.25, 0.3) is 10.2 Å². The number of ether oxygens (including phenoxy) is 1. The number of amides is 3. The molecule has 7 nitrogen and oxygen atoms in total. The zero-order chi connectivity index (χ0) is 19.8. The number of imide groups is 1. The SMILES string of the molecule is O=C(COC(=O)CCCCc1nc2ccccc2s1)NC(=O)NC1CCCC1. The molecule has 0 unspecified atom stereocenters. The van der Waals surface area contributed by atoms with E-state index in [1.165, 1.54) is 4.70 Å². The van der Waals surface area contributed by atoms with Crippen molar-refractivity contribution >= 4 is 39.5 Å². The molecule has 3 amide bonds. The molecule has 0 bridgehead atoms. The average Bonchev–Trinajstić information content (AvgIpc) is 3.32. The molecular weight excluding hydrogens is 378 g/mol. The minimum absolute atomic E-state index is 0.130. The van der Waals surface area contributed by atoms with E-state index in [-0.39, 0.29) is 12.5 Å². The molecule has 150 valence electrons. The third kappa shape index (κ3) is 6.30. The molecule has 2 aromatic rings. The zero-order valence-electron chi connectivity index (χ0n) is 15.7. The number of hydrogen-bond acceptors (Lipinski definition) is 6. The summed E-state index contributed by atoms with van der Waals surface area (Å²) in [6, 6.07) is 7.61. The number of aryl methyl sites for hydroxylation is 1. The minimum atomic E-state index is -0.613. The molecule has 1 aromatic heterocycles. The Morgan fingerprint density at radius 3 is 2.71 bits per heavy atom. The largest absolute Gasteiger partial charge is 0.456 e. The first-order valence-electron chi connectivity index (χ1n) is 9.70. The Hall–Kier alpha value is -2.48. The predicted molar refractivity (Wildman–Crippen MR) is 107 cm³/mol. The molecule has 8 heteroatoms. The third-order valence-electron chi connectivity index (χ3n) is 4.67. The number of fused-ring (bicyclic) bond motifs is 1. The predicted octanol–water partition coefficient (Wildman–Crippen LogP) is 3.32. The maximum absolute atomic E-state index is 11.7. The van der Waals surface area contributed by atoms with Crippen LogP contribution < -0.4 is 10.6 Å². The van der Waals surface area contributed by atoms with Gasteiger partial charge in [0.05, 0.1) is 15.2 Å². The number of urea groups is 1. The van der Waals surface area contributed by atoms with E-state index in [2.05, 4.69) is 15.6 Å². The van der Waals surface area contributed by atoms with Crippen molar-refractivity contribution in [3.8, 4) is 0 Å². The van der Waals surface area contributed by atoms with Crippen molar-refractivity contribution in [1.29, 1.82) is 0 Å². The second-order valence-electron chi connectivity index (χ2n) is 6.95. The number of esters is 1. The van der Waals surface area contributed by atoms with Crippen molar-refractivity contribution in [3.63, 3.8) is 0 Å². The van der Waals surface area contributed by atoms with E-state index in [0.717, 1.165) is 49.0 Å². The first-order chi connectivity index (χ1) is 13.6. The first kappa shape index (κ1) is 20.3. The number of hydrogen-bond donors (Lipinski definition) is 2. The Morgan fingerprint density at radius 1 is 1.14 bits per heavy atom. The van der Waals surface area contributed by atoms with E-state index in [0.29, 0.717) is 6.42 Å². The Balaban J connectivity index is 1.26. The molecule has 1 fully saturated rings. The van der Waals surface area contributed by atoms with Crippen molar-refractivity contribution in [2.45, 2.75) is 57.4 Å². The summed E-state index contributed by atoms with van der Waals surface area (Å²) in [5.74, 6) is -1.05. The van der Waals surface area contributed by atoms with Gasteiger partial charge in [-0.2, -0.15) is 0 Å². The summed E-state index contributed by atoms with van der Waals surface area (Å²) >= 11 is 1.67. The Kier molecular flexibility index (Phi) is 7.36. The summed E-state index contributed by atoms with van der Waals surface area (Å²) in [6.07, 6.45) is 6.61. The number of unbranched alkanes of at least 4 members (excludes halogenated alkanes) is 1. The van der Waals surface area contributed by atoms with Crippen molar-refractivity contribution < 1.29 is 19.1 Å². The standard InChI is InChI=1S/C20H25N3O4S/c24-17(23-20(26)21-14-7-1-2-8-14)13-27-19(25)12-6-5-11-18-22-15-9-3-4-10-16(15)28-18/h3-4,9-10,14H,1-2,5-8,11-13H2,(H2,21,23,24,26). The van der Waals surface area contributed by atoms with Crippen molar-refractivity contribution in [2.24, 2.45) is 0 Å². The first-order valence-corrected chi connectivity index (χ1v) is 10.5. The normalized spacial score (nSPS) is 14.1. The fourth-order valence-electron chi connectivity index (χ4n) is 3.24. The van der Waals surface area contributed by atoms with Gasteiger partial charge in [0, 0.05) is 12.5 Å². The molecule has 0 spiro atoms. The van der Waals surface area contributed by atoms with Gasteiger partial charge in [-0.25, -0.2) is 9.78 Å². The van der Waals surface area contributed by atoms with E-state index < -0.39 is 24.5 Å². The van der Waals surface area contributed by atoms with Crippen LogP contribution in [0.5, 0.6) is 0 Å². The summed E-state index contributed by atoms with van der Waals surface area (Å²) in [7, 11) is 0. The number of nitrogens with zero attached hydrogens (tertiary/aromatic N) is 1. The quantitative estimate of drug-likeness (QED) is 0.520. The van der Waals surface area contributed by atoms with Crippen LogP contribution in [0.4, 0.5) is 4.79 Å². The second-order valence-corrected chi connectivity index (χ2v) is 8.06. The highest BCUT2D eigenvalue weighted by Crippen LogP contribution is 2.23. The minimum Gasteiger partial charge on any atom is -0.456 e. The van der Waals surface area contributed by atoms with Crippen LogP contribution in [0.15, 0.2) is 24.3 Å². The van der Waals surface area contributed by atoms with Gasteiger partial charge < -0.3 is 10.1 Å². The summed E-state index contributed by atoms with van der Waals surface area (Å²) in [5.41, 5.74) is 1.00. The third-order valence-corrected chi connectivity index (χ3v) is 5.76. The summed E-state index contributed by atoms with van der Waals surface area (Å²) in [4.78, 5) is 39.7. The number of rotatable bonds is 8. The van der Waals surface area contributed by atoms with Crippen LogP contribution >= 0.6 is 11.3 Å². The fourth-order valence-corrected chi connectivity index (χ4v) is 4.25. The molecule has 3 rings (SSSR count). The molecule has 1 saturated carbocycles. The van der Waals surface area contributed by atoms with Gasteiger partial charge in [0.1, 0.15) is 0 Å². The number of carbonyl (C=O) groups is 3. The molecule has 0 radical (unpaired) electrons. The van der Waals surface area contributed by atoms with Gasteiger partial charge in [-0.3, -0.25) is 14.9 Å². The Labute approximate surface area is 167 Å². The number of aromatic nitrogens is 1. The van der Waals surface area contributed by atoms with Gasteiger partial charge in [-0.05, 0) is 44.2 Å². The van der Waals surface area contributed by atoms with Gasteiger partial charge in [-0.1, -0.05) is 25.0 Å². The fraction of sp³-hybridized carbons (Fsp3) is 0.500. The van der Waals surface area contributed by atoms with Gasteiger partial charge in [0.15, 0.2) is 6.61 Å². The van der Waals surface area contributed by atoms with E-state index in [4.69, 9.17) is 4.74 Å². The van der Waals surface area contributed by atoms with Gasteiger partial charge in [-0.15, -0.1) is 11.3 Å². The van der Waals surface area contributed by atoms with E-state index >= 15 is 0 Å². The molecule has 0 aliphatic heterocycles. The van der Waals surface area contributed by atoms with Crippen LogP contribution in [-0.2, 0) is 20.7 Å². The molecule has 1 aliphatic carbocycles. The topological polar surface area (TPSA) is 97.4 Å². The number of benzene rings is 1. The average molecular weight is 404 g/mol. The zero-order valence-corrected chi connectivity index (χ0v) is 16.6. The monoisotopic (exact) mass is 403 g/mol. The van der Waals surface area contributed by atoms with Crippen molar-refractivity contribution in [1.82, 2.24) is 15.6 Å². The van der Waals surface area contributed by atoms with Crippen molar-refractivity contribution in [2.75, 3.05) is 6.61 Å². The smallest absolute Gasteiger partial charge is 0.321 e. The maximum atomic E-state index is 11.7. The lowest BCUT2D eigenvalue weighted by atomic mass is 10.2. The number of nitrogens with one attached hydrogen (secondary N) is 2. The number of carbonyl (C=O) groups excluding carboxylic acids is 3. The Morgan fingerprint density at radius 2 is 1.93 bits per heavy atom. The van der Waals surface area contributed by atoms with Crippen LogP contribution in [0.1, 0.15) is 50.0 Å². The lowest BCUT2D eigenvalue weighted by Crippen LogP contribution is -2.44. The molecule has 1 aliphatic rings. The van der Waals surface area contributed by atoms with E-state index in [9.17, 15) is 14.4 Å². The van der Waals surface area contributed by atoms with Crippen LogP contribution in [0.2, 0.25) is 0 Å². The molecule has 0 atom stereocenters. The number of thiazole rings is 1. The summed E-state index contributed by atoms with van der Waals surface area (Å²) in [6.45, 7) is -0.436. The van der Waals surface area contributed by atoms with E-state index in [1.54, 1.807) is 11.3 Å².